The summed E-state index contributed by atoms with van der Waals surface area (Å²) >= 11 is 7.41. The Hall–Kier alpha value is -0.580. The van der Waals surface area contributed by atoms with Crippen LogP contribution < -0.4 is 5.32 Å². The first-order valence-electron chi connectivity index (χ1n) is 5.89. The normalized spacial score (nSPS) is 17.4. The summed E-state index contributed by atoms with van der Waals surface area (Å²) in [5, 5.41) is 5.64. The number of amides is 1. The largest absolute Gasteiger partial charge is 0.338 e. The number of rotatable bonds is 3. The highest BCUT2D eigenvalue weighted by atomic mass is 35.5. The molecule has 1 aromatic rings. The molecule has 0 aliphatic carbocycles. The Morgan fingerprint density at radius 3 is 2.82 bits per heavy atom. The van der Waals surface area contributed by atoms with Gasteiger partial charge in [0.05, 0.1) is 5.02 Å². The van der Waals surface area contributed by atoms with Crippen molar-refractivity contribution in [3.05, 3.63) is 21.3 Å². The van der Waals surface area contributed by atoms with E-state index >= 15 is 0 Å². The van der Waals surface area contributed by atoms with Gasteiger partial charge in [-0.15, -0.1) is 11.3 Å². The average molecular weight is 273 g/mol. The third-order valence-electron chi connectivity index (χ3n) is 3.21. The van der Waals surface area contributed by atoms with Crippen molar-refractivity contribution >= 4 is 28.8 Å². The topological polar surface area (TPSA) is 32.3 Å². The maximum Gasteiger partial charge on any atom is 0.265 e. The van der Waals surface area contributed by atoms with Crippen LogP contribution in [0.4, 0.5) is 0 Å². The van der Waals surface area contributed by atoms with Crippen LogP contribution in [0.5, 0.6) is 0 Å². The number of piperidine rings is 1. The van der Waals surface area contributed by atoms with Gasteiger partial charge in [0.2, 0.25) is 0 Å². The monoisotopic (exact) mass is 272 g/mol. The van der Waals surface area contributed by atoms with E-state index in [1.165, 1.54) is 11.3 Å². The lowest BCUT2D eigenvalue weighted by molar-refractivity contribution is 0.0696. The van der Waals surface area contributed by atoms with E-state index in [1.54, 1.807) is 6.07 Å². The quantitative estimate of drug-likeness (QED) is 0.917. The SMILES string of the molecule is CNCC1CCN(C(=O)c2sccc2Cl)CC1. The fourth-order valence-electron chi connectivity index (χ4n) is 2.22. The van der Waals surface area contributed by atoms with E-state index in [0.29, 0.717) is 15.8 Å². The van der Waals surface area contributed by atoms with Crippen molar-refractivity contribution < 1.29 is 4.79 Å². The van der Waals surface area contributed by atoms with Crippen LogP contribution in [0.2, 0.25) is 5.02 Å². The van der Waals surface area contributed by atoms with Gasteiger partial charge in [-0.05, 0) is 43.8 Å². The molecule has 17 heavy (non-hydrogen) atoms. The zero-order valence-corrected chi connectivity index (χ0v) is 11.5. The summed E-state index contributed by atoms with van der Waals surface area (Å²) in [6.45, 7) is 2.74. The van der Waals surface area contributed by atoms with E-state index in [9.17, 15) is 4.79 Å². The number of thiophene rings is 1. The molecule has 0 atom stereocenters. The maximum absolute atomic E-state index is 12.2. The molecule has 94 valence electrons. The van der Waals surface area contributed by atoms with Crippen molar-refractivity contribution in [2.45, 2.75) is 12.8 Å². The zero-order valence-electron chi connectivity index (χ0n) is 9.91. The molecule has 0 bridgehead atoms. The molecule has 1 saturated heterocycles. The molecule has 2 heterocycles. The lowest BCUT2D eigenvalue weighted by Crippen LogP contribution is -2.40. The van der Waals surface area contributed by atoms with Gasteiger partial charge in [-0.3, -0.25) is 4.79 Å². The fraction of sp³-hybridized carbons (Fsp3) is 0.583. The third kappa shape index (κ3) is 3.00. The Morgan fingerprint density at radius 2 is 2.29 bits per heavy atom. The molecule has 0 saturated carbocycles. The summed E-state index contributed by atoms with van der Waals surface area (Å²) in [4.78, 5) is 14.8. The van der Waals surface area contributed by atoms with Gasteiger partial charge in [0.1, 0.15) is 4.88 Å². The molecule has 1 aliphatic heterocycles. The number of likely N-dealkylation sites (tertiary alicyclic amines) is 1. The Labute approximate surface area is 111 Å². The maximum atomic E-state index is 12.2. The molecular formula is C12H17ClN2OS. The van der Waals surface area contributed by atoms with Gasteiger partial charge in [0, 0.05) is 13.1 Å². The summed E-state index contributed by atoms with van der Waals surface area (Å²) in [5.74, 6) is 0.788. The van der Waals surface area contributed by atoms with Crippen LogP contribution >= 0.6 is 22.9 Å². The summed E-state index contributed by atoms with van der Waals surface area (Å²) in [6.07, 6.45) is 2.16. The van der Waals surface area contributed by atoms with Crippen LogP contribution in [0.15, 0.2) is 11.4 Å². The van der Waals surface area contributed by atoms with E-state index in [1.807, 2.05) is 17.3 Å². The molecule has 2 rings (SSSR count). The summed E-state index contributed by atoms with van der Waals surface area (Å²) in [7, 11) is 1.98. The Balaban J connectivity index is 1.93. The van der Waals surface area contributed by atoms with Crippen molar-refractivity contribution in [2.75, 3.05) is 26.7 Å². The van der Waals surface area contributed by atoms with E-state index in [-0.39, 0.29) is 5.91 Å². The number of carbonyl (C=O) groups is 1. The molecule has 1 N–H and O–H groups in total. The molecule has 1 amide bonds. The second-order valence-electron chi connectivity index (χ2n) is 4.39. The smallest absolute Gasteiger partial charge is 0.265 e. The van der Waals surface area contributed by atoms with Crippen molar-refractivity contribution in [2.24, 2.45) is 5.92 Å². The van der Waals surface area contributed by atoms with Crippen LogP contribution in [-0.2, 0) is 0 Å². The number of hydrogen-bond donors (Lipinski definition) is 1. The minimum Gasteiger partial charge on any atom is -0.338 e. The highest BCUT2D eigenvalue weighted by Crippen LogP contribution is 2.26. The van der Waals surface area contributed by atoms with E-state index in [0.717, 1.165) is 32.5 Å². The molecular weight excluding hydrogens is 256 g/mol. The Kier molecular flexibility index (Phi) is 4.42. The molecule has 1 aliphatic rings. The highest BCUT2D eigenvalue weighted by molar-refractivity contribution is 7.12. The van der Waals surface area contributed by atoms with Crippen molar-refractivity contribution in [1.29, 1.82) is 0 Å². The van der Waals surface area contributed by atoms with E-state index < -0.39 is 0 Å². The highest BCUT2D eigenvalue weighted by Gasteiger charge is 2.24. The molecule has 3 nitrogen and oxygen atoms in total. The number of halogens is 1. The van der Waals surface area contributed by atoms with Gasteiger partial charge in [0.15, 0.2) is 0 Å². The van der Waals surface area contributed by atoms with Gasteiger partial charge < -0.3 is 10.2 Å². The first kappa shape index (κ1) is 12.9. The van der Waals surface area contributed by atoms with Gasteiger partial charge in [-0.25, -0.2) is 0 Å². The van der Waals surface area contributed by atoms with Crippen LogP contribution in [0.1, 0.15) is 22.5 Å². The molecule has 0 aromatic carbocycles. The Bertz CT molecular complexity index is 386. The lowest BCUT2D eigenvalue weighted by atomic mass is 9.97. The van der Waals surface area contributed by atoms with Gasteiger partial charge in [0.25, 0.3) is 5.91 Å². The summed E-state index contributed by atoms with van der Waals surface area (Å²) < 4.78 is 0. The molecule has 0 unspecified atom stereocenters. The standard InChI is InChI=1S/C12H17ClN2OS/c1-14-8-9-2-5-15(6-3-9)12(16)11-10(13)4-7-17-11/h4,7,9,14H,2-3,5-6,8H2,1H3. The molecule has 1 fully saturated rings. The van der Waals surface area contributed by atoms with E-state index in [4.69, 9.17) is 11.6 Å². The number of carbonyl (C=O) groups excluding carboxylic acids is 1. The Morgan fingerprint density at radius 1 is 1.59 bits per heavy atom. The summed E-state index contributed by atoms with van der Waals surface area (Å²) in [5.41, 5.74) is 0. The second kappa shape index (κ2) is 5.85. The predicted molar refractivity (Wildman–Crippen MR) is 71.9 cm³/mol. The van der Waals surface area contributed by atoms with Crippen LogP contribution in [-0.4, -0.2) is 37.5 Å². The number of nitrogens with one attached hydrogen (secondary N) is 1. The fourth-order valence-corrected chi connectivity index (χ4v) is 3.32. The molecule has 5 heteroatoms. The lowest BCUT2D eigenvalue weighted by Gasteiger charge is -2.31. The first-order chi connectivity index (χ1) is 8.22. The van der Waals surface area contributed by atoms with Gasteiger partial charge >= 0.3 is 0 Å². The third-order valence-corrected chi connectivity index (χ3v) is 4.54. The number of nitrogens with zero attached hydrogens (tertiary/aromatic N) is 1. The molecule has 0 radical (unpaired) electrons. The van der Waals surface area contributed by atoms with Crippen LogP contribution in [0.3, 0.4) is 0 Å². The minimum atomic E-state index is 0.0907. The first-order valence-corrected chi connectivity index (χ1v) is 7.15. The number of hydrogen-bond acceptors (Lipinski definition) is 3. The summed E-state index contributed by atoms with van der Waals surface area (Å²) in [6, 6.07) is 1.78. The minimum absolute atomic E-state index is 0.0907. The van der Waals surface area contributed by atoms with Crippen LogP contribution in [0, 0.1) is 5.92 Å². The molecule has 1 aromatic heterocycles. The van der Waals surface area contributed by atoms with Crippen molar-refractivity contribution in [3.63, 3.8) is 0 Å². The average Bonchev–Trinajstić information content (AvgIpc) is 2.76. The molecule has 0 spiro atoms. The van der Waals surface area contributed by atoms with Gasteiger partial charge in [-0.2, -0.15) is 0 Å². The van der Waals surface area contributed by atoms with Crippen LogP contribution in [0.25, 0.3) is 0 Å². The van der Waals surface area contributed by atoms with Crippen molar-refractivity contribution in [1.82, 2.24) is 10.2 Å². The van der Waals surface area contributed by atoms with Crippen molar-refractivity contribution in [3.8, 4) is 0 Å². The van der Waals surface area contributed by atoms with E-state index in [2.05, 4.69) is 5.32 Å². The van der Waals surface area contributed by atoms with Gasteiger partial charge in [-0.1, -0.05) is 11.6 Å². The predicted octanol–water partition coefficient (Wildman–Crippen LogP) is 2.47. The zero-order chi connectivity index (χ0) is 12.3. The second-order valence-corrected chi connectivity index (χ2v) is 5.71.